The minimum absolute atomic E-state index is 0.0677. The Morgan fingerprint density at radius 3 is 2.44 bits per heavy atom. The van der Waals surface area contributed by atoms with Crippen molar-refractivity contribution in [2.45, 2.75) is 32.5 Å². The molecule has 0 aliphatic rings. The minimum Gasteiger partial charge on any atom is -0.444 e. The van der Waals surface area contributed by atoms with Crippen molar-refractivity contribution < 1.29 is 19.7 Å². The molecule has 0 aromatic carbocycles. The Bertz CT molecular complexity index is 400. The maximum Gasteiger partial charge on any atom is 0.414 e. The molecule has 1 heterocycles. The van der Waals surface area contributed by atoms with Crippen LogP contribution in [0.2, 0.25) is 0 Å². The molecular formula is C11H17N3O4. The van der Waals surface area contributed by atoms with Crippen LogP contribution in [0.3, 0.4) is 0 Å². The third-order valence-electron chi connectivity index (χ3n) is 1.84. The van der Waals surface area contributed by atoms with E-state index in [0.29, 0.717) is 5.56 Å². The fourth-order valence-electron chi connectivity index (χ4n) is 1.07. The highest BCUT2D eigenvalue weighted by Crippen LogP contribution is 2.11. The highest BCUT2D eigenvalue weighted by molar-refractivity contribution is 5.82. The van der Waals surface area contributed by atoms with Crippen molar-refractivity contribution in [3.63, 3.8) is 0 Å². The van der Waals surface area contributed by atoms with Crippen molar-refractivity contribution in [1.29, 1.82) is 0 Å². The SMILES string of the molecule is CC(C)(C)OC(=O)Nc1ncc(C(O)CO)cn1. The standard InChI is InChI=1S/C11H17N3O4/c1-11(2,3)18-10(17)14-9-12-4-7(5-13-9)8(16)6-15/h4-5,8,15-16H,6H2,1-3H3,(H,12,13,14,17). The Morgan fingerprint density at radius 1 is 1.44 bits per heavy atom. The number of rotatable bonds is 3. The summed E-state index contributed by atoms with van der Waals surface area (Å²) in [6, 6.07) is 0. The number of ether oxygens (including phenoxy) is 1. The molecule has 0 aliphatic heterocycles. The first kappa shape index (κ1) is 14.3. The number of nitrogens with zero attached hydrogens (tertiary/aromatic N) is 2. The molecule has 1 rings (SSSR count). The molecule has 0 spiro atoms. The van der Waals surface area contributed by atoms with Crippen LogP contribution in [0.15, 0.2) is 12.4 Å². The van der Waals surface area contributed by atoms with Crippen LogP contribution in [0, 0.1) is 0 Å². The number of aliphatic hydroxyl groups is 2. The predicted molar refractivity (Wildman–Crippen MR) is 63.9 cm³/mol. The lowest BCUT2D eigenvalue weighted by Crippen LogP contribution is -2.27. The summed E-state index contributed by atoms with van der Waals surface area (Å²) in [4.78, 5) is 19.0. The van der Waals surface area contributed by atoms with Gasteiger partial charge in [-0.05, 0) is 20.8 Å². The molecule has 0 radical (unpaired) electrons. The summed E-state index contributed by atoms with van der Waals surface area (Å²) in [7, 11) is 0. The van der Waals surface area contributed by atoms with Crippen LogP contribution in [0.5, 0.6) is 0 Å². The number of hydrogen-bond donors (Lipinski definition) is 3. The molecule has 7 heteroatoms. The van der Waals surface area contributed by atoms with Crippen LogP contribution in [0.4, 0.5) is 10.7 Å². The van der Waals surface area contributed by atoms with Crippen LogP contribution in [0.25, 0.3) is 0 Å². The van der Waals surface area contributed by atoms with E-state index < -0.39 is 24.4 Å². The Labute approximate surface area is 105 Å². The monoisotopic (exact) mass is 255 g/mol. The summed E-state index contributed by atoms with van der Waals surface area (Å²) in [5.74, 6) is 0.0677. The molecule has 1 atom stereocenters. The quantitative estimate of drug-likeness (QED) is 0.739. The third-order valence-corrected chi connectivity index (χ3v) is 1.84. The highest BCUT2D eigenvalue weighted by atomic mass is 16.6. The van der Waals surface area contributed by atoms with E-state index in [0.717, 1.165) is 0 Å². The predicted octanol–water partition coefficient (Wildman–Crippen LogP) is 0.849. The fourth-order valence-corrected chi connectivity index (χ4v) is 1.07. The van der Waals surface area contributed by atoms with Gasteiger partial charge in [-0.15, -0.1) is 0 Å². The number of amides is 1. The largest absolute Gasteiger partial charge is 0.444 e. The van der Waals surface area contributed by atoms with Crippen LogP contribution in [-0.2, 0) is 4.74 Å². The van der Waals surface area contributed by atoms with E-state index in [-0.39, 0.29) is 5.95 Å². The van der Waals surface area contributed by atoms with Gasteiger partial charge in [0.2, 0.25) is 5.95 Å². The van der Waals surface area contributed by atoms with E-state index in [1.807, 2.05) is 0 Å². The van der Waals surface area contributed by atoms with Gasteiger partial charge >= 0.3 is 6.09 Å². The number of anilines is 1. The first-order valence-corrected chi connectivity index (χ1v) is 5.42. The Hall–Kier alpha value is -1.73. The second-order valence-electron chi connectivity index (χ2n) is 4.67. The summed E-state index contributed by atoms with van der Waals surface area (Å²) < 4.78 is 5.02. The van der Waals surface area contributed by atoms with Crippen molar-refractivity contribution in [3.05, 3.63) is 18.0 Å². The van der Waals surface area contributed by atoms with E-state index in [9.17, 15) is 9.90 Å². The number of nitrogens with one attached hydrogen (secondary N) is 1. The van der Waals surface area contributed by atoms with Crippen LogP contribution < -0.4 is 5.32 Å². The summed E-state index contributed by atoms with van der Waals surface area (Å²) in [5.41, 5.74) is -0.232. The molecule has 1 amide bonds. The van der Waals surface area contributed by atoms with Crippen molar-refractivity contribution in [3.8, 4) is 0 Å². The molecule has 1 aromatic heterocycles. The van der Waals surface area contributed by atoms with Gasteiger partial charge in [-0.2, -0.15) is 0 Å². The van der Waals surface area contributed by atoms with Crippen molar-refractivity contribution >= 4 is 12.0 Å². The maximum absolute atomic E-state index is 11.4. The molecule has 0 bridgehead atoms. The van der Waals surface area contributed by atoms with E-state index >= 15 is 0 Å². The van der Waals surface area contributed by atoms with Crippen molar-refractivity contribution in [2.75, 3.05) is 11.9 Å². The first-order chi connectivity index (χ1) is 8.31. The molecule has 100 valence electrons. The average molecular weight is 255 g/mol. The lowest BCUT2D eigenvalue weighted by Gasteiger charge is -2.19. The summed E-state index contributed by atoms with van der Waals surface area (Å²) in [6.45, 7) is 4.82. The molecular weight excluding hydrogens is 238 g/mol. The average Bonchev–Trinajstić information content (AvgIpc) is 2.26. The second kappa shape index (κ2) is 5.74. The summed E-state index contributed by atoms with van der Waals surface area (Å²) in [6.07, 6.45) is 0.958. The zero-order valence-corrected chi connectivity index (χ0v) is 10.5. The third kappa shape index (κ3) is 4.64. The summed E-state index contributed by atoms with van der Waals surface area (Å²) in [5, 5.41) is 20.4. The second-order valence-corrected chi connectivity index (χ2v) is 4.67. The molecule has 3 N–H and O–H groups in total. The van der Waals surface area contributed by atoms with Gasteiger partial charge in [0.05, 0.1) is 6.61 Å². The molecule has 1 unspecified atom stereocenters. The van der Waals surface area contributed by atoms with Crippen molar-refractivity contribution in [1.82, 2.24) is 9.97 Å². The first-order valence-electron chi connectivity index (χ1n) is 5.42. The fraction of sp³-hybridized carbons (Fsp3) is 0.545. The van der Waals surface area contributed by atoms with Gasteiger partial charge in [0, 0.05) is 18.0 Å². The number of carbonyl (C=O) groups is 1. The molecule has 1 aromatic rings. The molecule has 0 saturated heterocycles. The number of carbonyl (C=O) groups excluding carboxylic acids is 1. The highest BCUT2D eigenvalue weighted by Gasteiger charge is 2.17. The van der Waals surface area contributed by atoms with E-state index in [1.54, 1.807) is 20.8 Å². The van der Waals surface area contributed by atoms with E-state index in [4.69, 9.17) is 9.84 Å². The van der Waals surface area contributed by atoms with Crippen LogP contribution >= 0.6 is 0 Å². The van der Waals surface area contributed by atoms with Gasteiger partial charge < -0.3 is 14.9 Å². The molecule has 0 saturated carbocycles. The molecule has 7 nitrogen and oxygen atoms in total. The van der Waals surface area contributed by atoms with Gasteiger partial charge in [-0.25, -0.2) is 14.8 Å². The lowest BCUT2D eigenvalue weighted by atomic mass is 10.2. The van der Waals surface area contributed by atoms with E-state index in [1.165, 1.54) is 12.4 Å². The Morgan fingerprint density at radius 2 is 2.00 bits per heavy atom. The normalized spacial score (nSPS) is 12.9. The van der Waals surface area contributed by atoms with Gasteiger partial charge in [0.15, 0.2) is 0 Å². The molecule has 0 fully saturated rings. The lowest BCUT2D eigenvalue weighted by molar-refractivity contribution is 0.0634. The van der Waals surface area contributed by atoms with Crippen LogP contribution in [0.1, 0.15) is 32.4 Å². The number of aromatic nitrogens is 2. The van der Waals surface area contributed by atoms with Crippen LogP contribution in [-0.4, -0.2) is 38.5 Å². The maximum atomic E-state index is 11.4. The zero-order valence-electron chi connectivity index (χ0n) is 10.5. The zero-order chi connectivity index (χ0) is 13.8. The molecule has 0 aliphatic carbocycles. The topological polar surface area (TPSA) is 105 Å². The smallest absolute Gasteiger partial charge is 0.414 e. The Kier molecular flexibility index (Phi) is 4.57. The van der Waals surface area contributed by atoms with Gasteiger partial charge in [0.25, 0.3) is 0 Å². The van der Waals surface area contributed by atoms with E-state index in [2.05, 4.69) is 15.3 Å². The van der Waals surface area contributed by atoms with Crippen molar-refractivity contribution in [2.24, 2.45) is 0 Å². The number of aliphatic hydroxyl groups excluding tert-OH is 2. The van der Waals surface area contributed by atoms with Gasteiger partial charge in [0.1, 0.15) is 11.7 Å². The summed E-state index contributed by atoms with van der Waals surface area (Å²) >= 11 is 0. The number of hydrogen-bond acceptors (Lipinski definition) is 6. The van der Waals surface area contributed by atoms with Gasteiger partial charge in [-0.3, -0.25) is 5.32 Å². The minimum atomic E-state index is -1.03. The molecule has 18 heavy (non-hydrogen) atoms. The van der Waals surface area contributed by atoms with Gasteiger partial charge in [-0.1, -0.05) is 0 Å². The Balaban J connectivity index is 2.61.